The fraction of sp³-hybridized carbons (Fsp3) is 0.875. The van der Waals surface area contributed by atoms with Gasteiger partial charge in [0.25, 0.3) is 0 Å². The summed E-state index contributed by atoms with van der Waals surface area (Å²) in [5.74, 6) is 0.0688. The zero-order valence-electron chi connectivity index (χ0n) is 13.6. The highest BCUT2D eigenvalue weighted by atomic mass is 16.4. The first-order chi connectivity index (χ1) is 9.76. The van der Waals surface area contributed by atoms with Gasteiger partial charge in [-0.3, -0.25) is 4.79 Å². The summed E-state index contributed by atoms with van der Waals surface area (Å²) in [6, 6.07) is 0.169. The van der Waals surface area contributed by atoms with Crippen molar-refractivity contribution in [2.24, 2.45) is 33.6 Å². The predicted octanol–water partition coefficient (Wildman–Crippen LogP) is 2.48. The normalized spacial score (nSPS) is 35.7. The lowest BCUT2D eigenvalue weighted by atomic mass is 9.68. The summed E-state index contributed by atoms with van der Waals surface area (Å²) in [6.07, 6.45) is 5.05. The van der Waals surface area contributed by atoms with Gasteiger partial charge in [0.1, 0.15) is 0 Å². The van der Waals surface area contributed by atoms with Crippen LogP contribution in [0, 0.1) is 22.7 Å². The molecular weight excluding hydrogens is 266 g/mol. The fourth-order valence-corrected chi connectivity index (χ4v) is 4.68. The van der Waals surface area contributed by atoms with Gasteiger partial charge in [0.05, 0.1) is 5.92 Å². The number of nitrogens with one attached hydrogen (secondary N) is 1. The Morgan fingerprint density at radius 1 is 1.48 bits per heavy atom. The number of hydrogen-bond donors (Lipinski definition) is 3. The van der Waals surface area contributed by atoms with Gasteiger partial charge in [-0.2, -0.15) is 0 Å². The van der Waals surface area contributed by atoms with Gasteiger partial charge < -0.3 is 16.3 Å². The summed E-state index contributed by atoms with van der Waals surface area (Å²) >= 11 is 0. The van der Waals surface area contributed by atoms with E-state index in [4.69, 9.17) is 10.9 Å². The number of nitrogens with zero attached hydrogens (tertiary/aromatic N) is 1. The Labute approximate surface area is 127 Å². The number of rotatable bonds is 5. The van der Waals surface area contributed by atoms with E-state index in [1.165, 1.54) is 19.3 Å². The predicted molar refractivity (Wildman–Crippen MR) is 83.0 cm³/mol. The van der Waals surface area contributed by atoms with Crippen molar-refractivity contribution in [3.05, 3.63) is 0 Å². The number of oxime groups is 1. The standard InChI is InChI=1S/C16H29N3O2/c1-5-6-11(12(17)19-21)13(20)18-14-15(2,3)10-7-8-16(14,4)9-10/h10-11,14,21H,5-9H2,1-4H3,(H2,17,19)(H,18,20). The van der Waals surface area contributed by atoms with Gasteiger partial charge in [-0.15, -0.1) is 0 Å². The number of hydrogen-bond acceptors (Lipinski definition) is 3. The molecule has 0 aromatic rings. The highest BCUT2D eigenvalue weighted by Crippen LogP contribution is 2.62. The van der Waals surface area contributed by atoms with Crippen LogP contribution in [0.1, 0.15) is 59.8 Å². The molecule has 2 bridgehead atoms. The molecule has 4 unspecified atom stereocenters. The topological polar surface area (TPSA) is 87.7 Å². The highest BCUT2D eigenvalue weighted by molar-refractivity contribution is 6.02. The molecule has 4 N–H and O–H groups in total. The highest BCUT2D eigenvalue weighted by Gasteiger charge is 2.59. The van der Waals surface area contributed by atoms with Gasteiger partial charge in [0, 0.05) is 6.04 Å². The number of carbonyl (C=O) groups is 1. The van der Waals surface area contributed by atoms with Gasteiger partial charge in [0.15, 0.2) is 5.84 Å². The Morgan fingerprint density at radius 3 is 2.62 bits per heavy atom. The van der Waals surface area contributed by atoms with Crippen LogP contribution in [0.2, 0.25) is 0 Å². The van der Waals surface area contributed by atoms with Gasteiger partial charge >= 0.3 is 0 Å². The first-order valence-corrected chi connectivity index (χ1v) is 8.04. The van der Waals surface area contributed by atoms with E-state index in [1.54, 1.807) is 0 Å². The lowest BCUT2D eigenvalue weighted by Gasteiger charge is -2.43. The van der Waals surface area contributed by atoms with Crippen molar-refractivity contribution in [2.75, 3.05) is 0 Å². The van der Waals surface area contributed by atoms with Gasteiger partial charge in [-0.25, -0.2) is 0 Å². The molecule has 0 aliphatic heterocycles. The Balaban J connectivity index is 2.15. The zero-order valence-corrected chi connectivity index (χ0v) is 13.6. The van der Waals surface area contributed by atoms with Crippen LogP contribution < -0.4 is 11.1 Å². The van der Waals surface area contributed by atoms with Crippen LogP contribution in [0.4, 0.5) is 0 Å². The number of amides is 1. The van der Waals surface area contributed by atoms with Crippen LogP contribution in [0.3, 0.4) is 0 Å². The largest absolute Gasteiger partial charge is 0.409 e. The van der Waals surface area contributed by atoms with E-state index in [1.807, 2.05) is 6.92 Å². The Hall–Kier alpha value is -1.26. The van der Waals surface area contributed by atoms with Crippen LogP contribution in [-0.4, -0.2) is 23.0 Å². The Bertz CT molecular complexity index is 442. The van der Waals surface area contributed by atoms with Crippen LogP contribution in [0.25, 0.3) is 0 Å². The Morgan fingerprint density at radius 2 is 2.14 bits per heavy atom. The third-order valence-electron chi connectivity index (χ3n) is 5.92. The van der Waals surface area contributed by atoms with E-state index in [0.717, 1.165) is 6.42 Å². The second kappa shape index (κ2) is 5.50. The summed E-state index contributed by atoms with van der Waals surface area (Å²) in [4.78, 5) is 12.6. The van der Waals surface area contributed by atoms with E-state index in [2.05, 4.69) is 31.2 Å². The summed E-state index contributed by atoms with van der Waals surface area (Å²) in [7, 11) is 0. The molecule has 0 radical (unpaired) electrons. The average Bonchev–Trinajstić information content (AvgIpc) is 2.91. The molecule has 5 nitrogen and oxygen atoms in total. The molecule has 0 heterocycles. The molecule has 1 amide bonds. The van der Waals surface area contributed by atoms with Crippen LogP contribution in [-0.2, 0) is 4.79 Å². The van der Waals surface area contributed by atoms with Crippen molar-refractivity contribution >= 4 is 11.7 Å². The quantitative estimate of drug-likeness (QED) is 0.315. The summed E-state index contributed by atoms with van der Waals surface area (Å²) in [5.41, 5.74) is 6.00. The molecule has 2 saturated carbocycles. The minimum atomic E-state index is -0.529. The number of fused-ring (bicyclic) bond motifs is 2. The van der Waals surface area contributed by atoms with Crippen LogP contribution in [0.15, 0.2) is 5.16 Å². The summed E-state index contributed by atoms with van der Waals surface area (Å²) in [6.45, 7) is 8.79. The SMILES string of the molecule is CCCC(C(=O)NC1C2(C)CCC(C2)C1(C)C)C(N)=NO. The maximum atomic E-state index is 12.6. The van der Waals surface area contributed by atoms with Crippen molar-refractivity contribution < 1.29 is 10.0 Å². The van der Waals surface area contributed by atoms with Crippen LogP contribution in [0.5, 0.6) is 0 Å². The maximum Gasteiger partial charge on any atom is 0.231 e. The monoisotopic (exact) mass is 295 g/mol. The molecule has 2 aliphatic rings. The second-order valence-electron chi connectivity index (χ2n) is 7.72. The molecule has 120 valence electrons. The van der Waals surface area contributed by atoms with Crippen molar-refractivity contribution in [2.45, 2.75) is 65.8 Å². The lowest BCUT2D eigenvalue weighted by molar-refractivity contribution is -0.126. The first kappa shape index (κ1) is 16.1. The van der Waals surface area contributed by atoms with Gasteiger partial charge in [0.2, 0.25) is 5.91 Å². The smallest absolute Gasteiger partial charge is 0.231 e. The van der Waals surface area contributed by atoms with Crippen molar-refractivity contribution in [1.29, 1.82) is 0 Å². The molecule has 4 atom stereocenters. The molecule has 0 saturated heterocycles. The maximum absolute atomic E-state index is 12.6. The number of carbonyl (C=O) groups excluding carboxylic acids is 1. The molecule has 5 heteroatoms. The van der Waals surface area contributed by atoms with Gasteiger partial charge in [-0.1, -0.05) is 39.3 Å². The fourth-order valence-electron chi connectivity index (χ4n) is 4.68. The Kier molecular flexibility index (Phi) is 4.22. The molecule has 2 rings (SSSR count). The molecular formula is C16H29N3O2. The molecule has 2 aliphatic carbocycles. The molecule has 0 spiro atoms. The second-order valence-corrected chi connectivity index (χ2v) is 7.72. The minimum absolute atomic E-state index is 0.0143. The molecule has 0 aromatic carbocycles. The molecule has 2 fully saturated rings. The van der Waals surface area contributed by atoms with E-state index in [9.17, 15) is 4.79 Å². The van der Waals surface area contributed by atoms with Crippen molar-refractivity contribution in [3.8, 4) is 0 Å². The third kappa shape index (κ3) is 2.62. The third-order valence-corrected chi connectivity index (χ3v) is 5.92. The van der Waals surface area contributed by atoms with Gasteiger partial charge in [-0.05, 0) is 42.4 Å². The first-order valence-electron chi connectivity index (χ1n) is 8.04. The summed E-state index contributed by atoms with van der Waals surface area (Å²) in [5, 5.41) is 15.2. The van der Waals surface area contributed by atoms with E-state index in [-0.39, 0.29) is 28.6 Å². The van der Waals surface area contributed by atoms with Crippen molar-refractivity contribution in [3.63, 3.8) is 0 Å². The van der Waals surface area contributed by atoms with E-state index >= 15 is 0 Å². The lowest BCUT2D eigenvalue weighted by Crippen LogP contribution is -2.54. The number of amidine groups is 1. The van der Waals surface area contributed by atoms with Crippen molar-refractivity contribution in [1.82, 2.24) is 5.32 Å². The number of nitrogens with two attached hydrogens (primary N) is 1. The zero-order chi connectivity index (χ0) is 15.8. The van der Waals surface area contributed by atoms with E-state index < -0.39 is 5.92 Å². The van der Waals surface area contributed by atoms with E-state index in [0.29, 0.717) is 12.3 Å². The summed E-state index contributed by atoms with van der Waals surface area (Å²) < 4.78 is 0. The van der Waals surface area contributed by atoms with Crippen LogP contribution >= 0.6 is 0 Å². The minimum Gasteiger partial charge on any atom is -0.409 e. The average molecular weight is 295 g/mol. The molecule has 21 heavy (non-hydrogen) atoms. The molecule has 0 aromatic heterocycles.